The minimum absolute atomic E-state index is 0.136. The second kappa shape index (κ2) is 8.35. The van der Waals surface area contributed by atoms with Crippen molar-refractivity contribution >= 4 is 11.6 Å². The van der Waals surface area contributed by atoms with Crippen LogP contribution in [0.5, 0.6) is 5.75 Å². The Morgan fingerprint density at radius 2 is 2.11 bits per heavy atom. The summed E-state index contributed by atoms with van der Waals surface area (Å²) >= 11 is 6.02. The van der Waals surface area contributed by atoms with Crippen molar-refractivity contribution < 1.29 is 9.47 Å². The summed E-state index contributed by atoms with van der Waals surface area (Å²) in [4.78, 5) is 0. The topological polar surface area (TPSA) is 44.5 Å². The summed E-state index contributed by atoms with van der Waals surface area (Å²) in [5.74, 6) is 0.738. The van der Waals surface area contributed by atoms with Gasteiger partial charge in [0.1, 0.15) is 5.75 Å². The Hall–Kier alpha value is -0.770. The van der Waals surface area contributed by atoms with Gasteiger partial charge in [-0.3, -0.25) is 0 Å². The molecule has 0 amide bonds. The van der Waals surface area contributed by atoms with Crippen molar-refractivity contribution in [2.45, 2.75) is 32.7 Å². The van der Waals surface area contributed by atoms with Crippen LogP contribution in [0.3, 0.4) is 0 Å². The highest BCUT2D eigenvalue weighted by Gasteiger charge is 2.02. The molecular formula is C14H22ClNO2. The summed E-state index contributed by atoms with van der Waals surface area (Å²) in [6.07, 6.45) is 1.77. The highest BCUT2D eigenvalue weighted by atomic mass is 35.5. The molecule has 0 aliphatic rings. The number of nitrogens with two attached hydrogens (primary N) is 1. The number of hydrogen-bond acceptors (Lipinski definition) is 3. The van der Waals surface area contributed by atoms with Gasteiger partial charge in [0.25, 0.3) is 0 Å². The number of hydrogen-bond donors (Lipinski definition) is 1. The highest BCUT2D eigenvalue weighted by molar-refractivity contribution is 6.32. The van der Waals surface area contributed by atoms with Crippen LogP contribution in [0.1, 0.15) is 25.3 Å². The first-order chi connectivity index (χ1) is 8.63. The van der Waals surface area contributed by atoms with Crippen molar-refractivity contribution in [2.24, 2.45) is 5.73 Å². The maximum atomic E-state index is 6.02. The van der Waals surface area contributed by atoms with Crippen LogP contribution in [0.2, 0.25) is 5.02 Å². The molecule has 0 heterocycles. The summed E-state index contributed by atoms with van der Waals surface area (Å²) in [5.41, 5.74) is 6.88. The molecule has 0 saturated heterocycles. The zero-order valence-electron chi connectivity index (χ0n) is 11.1. The van der Waals surface area contributed by atoms with Gasteiger partial charge in [0.15, 0.2) is 0 Å². The van der Waals surface area contributed by atoms with Crippen molar-refractivity contribution in [3.63, 3.8) is 0 Å². The van der Waals surface area contributed by atoms with Crippen LogP contribution in [0.15, 0.2) is 18.2 Å². The van der Waals surface area contributed by atoms with Crippen LogP contribution in [0.25, 0.3) is 0 Å². The van der Waals surface area contributed by atoms with Crippen molar-refractivity contribution in [2.75, 3.05) is 19.8 Å². The fraction of sp³-hybridized carbons (Fsp3) is 0.571. The SMILES string of the molecule is CCC(N)COCCCOc1cc(C)ccc1Cl. The molecule has 0 radical (unpaired) electrons. The molecule has 0 aliphatic heterocycles. The predicted molar refractivity (Wildman–Crippen MR) is 75.4 cm³/mol. The number of benzene rings is 1. The molecule has 0 spiro atoms. The van der Waals surface area contributed by atoms with Gasteiger partial charge in [0, 0.05) is 19.1 Å². The van der Waals surface area contributed by atoms with Gasteiger partial charge in [0.2, 0.25) is 0 Å². The molecule has 3 nitrogen and oxygen atoms in total. The normalized spacial score (nSPS) is 12.4. The van der Waals surface area contributed by atoms with Crippen LogP contribution in [0, 0.1) is 6.92 Å². The van der Waals surface area contributed by atoms with Gasteiger partial charge in [-0.05, 0) is 31.0 Å². The standard InChI is InChI=1S/C14H22ClNO2/c1-3-12(16)10-17-7-4-8-18-14-9-11(2)5-6-13(14)15/h5-6,9,12H,3-4,7-8,10,16H2,1-2H3. The van der Waals surface area contributed by atoms with Crippen LogP contribution >= 0.6 is 11.6 Å². The van der Waals surface area contributed by atoms with Crippen molar-refractivity contribution in [3.8, 4) is 5.75 Å². The lowest BCUT2D eigenvalue weighted by molar-refractivity contribution is 0.107. The van der Waals surface area contributed by atoms with E-state index in [1.54, 1.807) is 0 Å². The van der Waals surface area contributed by atoms with Gasteiger partial charge in [-0.25, -0.2) is 0 Å². The largest absolute Gasteiger partial charge is 0.492 e. The minimum Gasteiger partial charge on any atom is -0.492 e. The third-order valence-corrected chi connectivity index (χ3v) is 2.95. The Labute approximate surface area is 114 Å². The summed E-state index contributed by atoms with van der Waals surface area (Å²) in [6.45, 7) is 5.94. The lowest BCUT2D eigenvalue weighted by Crippen LogP contribution is -2.25. The molecule has 0 saturated carbocycles. The predicted octanol–water partition coefficient (Wildman–Crippen LogP) is 3.17. The van der Waals surface area contributed by atoms with Gasteiger partial charge < -0.3 is 15.2 Å². The van der Waals surface area contributed by atoms with E-state index in [0.29, 0.717) is 24.8 Å². The quantitative estimate of drug-likeness (QED) is 0.739. The average molecular weight is 272 g/mol. The molecule has 4 heteroatoms. The number of rotatable bonds is 8. The summed E-state index contributed by atoms with van der Waals surface area (Å²) in [7, 11) is 0. The van der Waals surface area contributed by atoms with Crippen LogP contribution in [0.4, 0.5) is 0 Å². The van der Waals surface area contributed by atoms with E-state index < -0.39 is 0 Å². The molecule has 1 aromatic carbocycles. The third-order valence-electron chi connectivity index (χ3n) is 2.63. The van der Waals surface area contributed by atoms with Gasteiger partial charge in [-0.2, -0.15) is 0 Å². The van der Waals surface area contributed by atoms with E-state index in [9.17, 15) is 0 Å². The fourth-order valence-electron chi connectivity index (χ4n) is 1.42. The summed E-state index contributed by atoms with van der Waals surface area (Å²) in [5, 5.41) is 0.648. The monoisotopic (exact) mass is 271 g/mol. The smallest absolute Gasteiger partial charge is 0.138 e. The van der Waals surface area contributed by atoms with E-state index in [1.807, 2.05) is 25.1 Å². The van der Waals surface area contributed by atoms with Gasteiger partial charge in [-0.1, -0.05) is 24.6 Å². The van der Waals surface area contributed by atoms with E-state index in [2.05, 4.69) is 6.92 Å². The highest BCUT2D eigenvalue weighted by Crippen LogP contribution is 2.25. The van der Waals surface area contributed by atoms with E-state index >= 15 is 0 Å². The fourth-order valence-corrected chi connectivity index (χ4v) is 1.59. The number of aryl methyl sites for hydroxylation is 1. The molecule has 1 aromatic rings. The molecule has 102 valence electrons. The Bertz CT molecular complexity index is 358. The zero-order valence-corrected chi connectivity index (χ0v) is 11.9. The average Bonchev–Trinajstić information content (AvgIpc) is 2.37. The number of halogens is 1. The Morgan fingerprint density at radius 3 is 2.83 bits per heavy atom. The Kier molecular flexibility index (Phi) is 7.09. The van der Waals surface area contributed by atoms with Gasteiger partial charge in [-0.15, -0.1) is 0 Å². The molecule has 18 heavy (non-hydrogen) atoms. The van der Waals surface area contributed by atoms with Gasteiger partial charge >= 0.3 is 0 Å². The van der Waals surface area contributed by atoms with Crippen LogP contribution in [-0.2, 0) is 4.74 Å². The van der Waals surface area contributed by atoms with Crippen LogP contribution in [-0.4, -0.2) is 25.9 Å². The number of ether oxygens (including phenoxy) is 2. The lowest BCUT2D eigenvalue weighted by atomic mass is 10.2. The Balaban J connectivity index is 2.16. The molecule has 1 rings (SSSR count). The first kappa shape index (κ1) is 15.3. The molecule has 2 N–H and O–H groups in total. The van der Waals surface area contributed by atoms with Crippen molar-refractivity contribution in [3.05, 3.63) is 28.8 Å². The van der Waals surface area contributed by atoms with E-state index in [0.717, 1.165) is 24.2 Å². The first-order valence-corrected chi connectivity index (χ1v) is 6.73. The molecule has 0 aromatic heterocycles. The van der Waals surface area contributed by atoms with Gasteiger partial charge in [0.05, 0.1) is 18.2 Å². The molecule has 1 unspecified atom stereocenters. The maximum absolute atomic E-state index is 6.02. The first-order valence-electron chi connectivity index (χ1n) is 6.35. The summed E-state index contributed by atoms with van der Waals surface area (Å²) in [6, 6.07) is 5.89. The molecule has 0 fully saturated rings. The summed E-state index contributed by atoms with van der Waals surface area (Å²) < 4.78 is 11.0. The molecule has 1 atom stereocenters. The van der Waals surface area contributed by atoms with Crippen molar-refractivity contribution in [1.82, 2.24) is 0 Å². The third kappa shape index (κ3) is 5.71. The second-order valence-electron chi connectivity index (χ2n) is 4.38. The van der Waals surface area contributed by atoms with E-state index in [4.69, 9.17) is 26.8 Å². The Morgan fingerprint density at radius 1 is 1.33 bits per heavy atom. The molecule has 0 aliphatic carbocycles. The maximum Gasteiger partial charge on any atom is 0.138 e. The molecular weight excluding hydrogens is 250 g/mol. The lowest BCUT2D eigenvalue weighted by Gasteiger charge is -2.11. The van der Waals surface area contributed by atoms with E-state index in [1.165, 1.54) is 0 Å². The van der Waals surface area contributed by atoms with Crippen LogP contribution < -0.4 is 10.5 Å². The second-order valence-corrected chi connectivity index (χ2v) is 4.79. The molecule has 0 bridgehead atoms. The zero-order chi connectivity index (χ0) is 13.4. The van der Waals surface area contributed by atoms with Crippen molar-refractivity contribution in [1.29, 1.82) is 0 Å². The van der Waals surface area contributed by atoms with E-state index in [-0.39, 0.29) is 6.04 Å². The minimum atomic E-state index is 0.136.